The van der Waals surface area contributed by atoms with Gasteiger partial charge in [-0.15, -0.1) is 18.3 Å². The van der Waals surface area contributed by atoms with Gasteiger partial charge in [0.15, 0.2) is 0 Å². The average Bonchev–Trinajstić information content (AvgIpc) is 2.95. The predicted octanol–water partition coefficient (Wildman–Crippen LogP) is 4.79. The van der Waals surface area contributed by atoms with Gasteiger partial charge in [-0.25, -0.2) is 13.9 Å². The molecule has 0 saturated heterocycles. The van der Waals surface area contributed by atoms with Crippen molar-refractivity contribution in [1.82, 2.24) is 14.8 Å². The summed E-state index contributed by atoms with van der Waals surface area (Å²) in [5.41, 5.74) is 0.358. The van der Waals surface area contributed by atoms with Gasteiger partial charge in [0.05, 0.1) is 23.8 Å². The Morgan fingerprint density at radius 1 is 1.14 bits per heavy atom. The second kappa shape index (κ2) is 7.46. The molecule has 7 nitrogen and oxygen atoms in total. The van der Waals surface area contributed by atoms with Crippen LogP contribution in [0.5, 0.6) is 11.6 Å². The first kappa shape index (κ1) is 19.6. The van der Waals surface area contributed by atoms with E-state index in [1.54, 1.807) is 0 Å². The zero-order valence-electron chi connectivity index (χ0n) is 13.4. The Bertz CT molecular complexity index is 1040. The molecule has 0 fully saturated rings. The number of ether oxygens (including phenoxy) is 2. The van der Waals surface area contributed by atoms with Crippen LogP contribution < -0.4 is 9.47 Å². The number of rotatable bonds is 4. The van der Waals surface area contributed by atoms with E-state index in [1.165, 1.54) is 12.3 Å². The van der Waals surface area contributed by atoms with Crippen LogP contribution >= 0.6 is 15.9 Å². The molecule has 2 heterocycles. The first-order valence-electron chi connectivity index (χ1n) is 7.29. The lowest BCUT2D eigenvalue weighted by atomic mass is 10.1. The van der Waals surface area contributed by atoms with Gasteiger partial charge in [0, 0.05) is 22.2 Å². The van der Waals surface area contributed by atoms with Crippen LogP contribution in [0, 0.1) is 5.82 Å². The highest BCUT2D eigenvalue weighted by atomic mass is 79.9. The first-order valence-corrected chi connectivity index (χ1v) is 8.08. The van der Waals surface area contributed by atoms with Gasteiger partial charge in [-0.05, 0) is 18.2 Å². The fraction of sp³-hybridized carbons (Fsp3) is 0.0625. The summed E-state index contributed by atoms with van der Waals surface area (Å²) < 4.78 is 60.9. The molecule has 0 atom stereocenters. The van der Waals surface area contributed by atoms with Crippen LogP contribution in [0.2, 0.25) is 0 Å². The van der Waals surface area contributed by atoms with Crippen LogP contribution in [0.1, 0.15) is 0 Å². The minimum atomic E-state index is -4.91. The predicted molar refractivity (Wildman–Crippen MR) is 89.8 cm³/mol. The minimum absolute atomic E-state index is 0.0912. The largest absolute Gasteiger partial charge is 0.573 e. The topological polar surface area (TPSA) is 86.5 Å². The quantitative estimate of drug-likeness (QED) is 0.443. The Balaban J connectivity index is 2.15. The molecule has 0 bridgehead atoms. The highest BCUT2D eigenvalue weighted by molar-refractivity contribution is 9.10. The summed E-state index contributed by atoms with van der Waals surface area (Å²) in [6, 6.07) is 5.81. The van der Waals surface area contributed by atoms with Gasteiger partial charge < -0.3 is 14.6 Å². The highest BCUT2D eigenvalue weighted by Gasteiger charge is 2.31. The zero-order valence-corrected chi connectivity index (χ0v) is 15.0. The Morgan fingerprint density at radius 2 is 1.89 bits per heavy atom. The second-order valence-electron chi connectivity index (χ2n) is 5.23. The molecule has 1 aromatic carbocycles. The molecule has 1 N–H and O–H groups in total. The summed E-state index contributed by atoms with van der Waals surface area (Å²) in [6.45, 7) is 0. The number of pyridine rings is 1. The van der Waals surface area contributed by atoms with Gasteiger partial charge in [0.25, 0.3) is 0 Å². The van der Waals surface area contributed by atoms with Crippen LogP contribution in [0.25, 0.3) is 16.9 Å². The second-order valence-corrected chi connectivity index (χ2v) is 6.15. The number of hydrogen-bond acceptors (Lipinski definition) is 5. The standard InChI is InChI=1S/C16H8BrF4N3O4/c17-9-1-8(2-12(3-9)28-16(19,20)21)13-5-14(27-15(25)26)23-24(13)11-4-10(18)6-22-7-11/h1-7H,(H,25,26). The molecular weight excluding hydrogens is 454 g/mol. The van der Waals surface area contributed by atoms with E-state index < -0.39 is 24.1 Å². The molecule has 0 radical (unpaired) electrons. The Kier molecular flexibility index (Phi) is 5.23. The van der Waals surface area contributed by atoms with E-state index in [9.17, 15) is 22.4 Å². The van der Waals surface area contributed by atoms with Gasteiger partial charge in [-0.1, -0.05) is 15.9 Å². The van der Waals surface area contributed by atoms with Gasteiger partial charge in [-0.2, -0.15) is 0 Å². The highest BCUT2D eigenvalue weighted by Crippen LogP contribution is 2.34. The molecule has 0 saturated carbocycles. The molecule has 3 rings (SSSR count). The molecule has 0 aliphatic heterocycles. The summed E-state index contributed by atoms with van der Waals surface area (Å²) in [4.78, 5) is 14.5. The van der Waals surface area contributed by atoms with Crippen molar-refractivity contribution < 1.29 is 36.9 Å². The molecule has 0 aliphatic carbocycles. The third-order valence-corrected chi connectivity index (χ3v) is 3.67. The van der Waals surface area contributed by atoms with Gasteiger partial charge in [0.2, 0.25) is 5.88 Å². The Labute approximate surface area is 162 Å². The van der Waals surface area contributed by atoms with E-state index in [4.69, 9.17) is 5.11 Å². The molecular formula is C16H8BrF4N3O4. The molecule has 146 valence electrons. The lowest BCUT2D eigenvalue weighted by molar-refractivity contribution is -0.274. The third kappa shape index (κ3) is 4.76. The maximum absolute atomic E-state index is 13.5. The number of hydrogen-bond donors (Lipinski definition) is 1. The fourth-order valence-corrected chi connectivity index (χ4v) is 2.79. The van der Waals surface area contributed by atoms with Crippen molar-refractivity contribution in [2.24, 2.45) is 0 Å². The molecule has 0 unspecified atom stereocenters. The van der Waals surface area contributed by atoms with E-state index in [2.05, 4.69) is 35.5 Å². The molecule has 28 heavy (non-hydrogen) atoms. The summed E-state index contributed by atoms with van der Waals surface area (Å²) in [7, 11) is 0. The summed E-state index contributed by atoms with van der Waals surface area (Å²) in [5.74, 6) is -1.59. The summed E-state index contributed by atoms with van der Waals surface area (Å²) in [5, 5.41) is 12.7. The van der Waals surface area contributed by atoms with Crippen molar-refractivity contribution in [2.45, 2.75) is 6.36 Å². The average molecular weight is 462 g/mol. The molecule has 3 aromatic rings. The molecule has 0 aliphatic rings. The summed E-state index contributed by atoms with van der Waals surface area (Å²) >= 11 is 3.08. The summed E-state index contributed by atoms with van der Waals surface area (Å²) in [6.07, 6.45) is -4.39. The van der Waals surface area contributed by atoms with Crippen molar-refractivity contribution in [3.05, 3.63) is 53.0 Å². The molecule has 2 aromatic heterocycles. The van der Waals surface area contributed by atoms with E-state index >= 15 is 0 Å². The number of aromatic nitrogens is 3. The van der Waals surface area contributed by atoms with Crippen LogP contribution in [-0.2, 0) is 0 Å². The van der Waals surface area contributed by atoms with Crippen molar-refractivity contribution in [2.75, 3.05) is 0 Å². The lowest BCUT2D eigenvalue weighted by Crippen LogP contribution is -2.17. The van der Waals surface area contributed by atoms with E-state index in [0.717, 1.165) is 35.1 Å². The first-order chi connectivity index (χ1) is 13.1. The Morgan fingerprint density at radius 3 is 2.54 bits per heavy atom. The van der Waals surface area contributed by atoms with Gasteiger partial charge in [0.1, 0.15) is 11.6 Å². The number of benzene rings is 1. The van der Waals surface area contributed by atoms with Crippen LogP contribution in [0.4, 0.5) is 22.4 Å². The van der Waals surface area contributed by atoms with E-state index in [-0.39, 0.29) is 27.3 Å². The number of carboxylic acid groups (broad SMARTS) is 1. The van der Waals surface area contributed by atoms with E-state index in [1.807, 2.05) is 0 Å². The zero-order chi connectivity index (χ0) is 20.5. The van der Waals surface area contributed by atoms with Crippen LogP contribution in [-0.4, -0.2) is 32.4 Å². The van der Waals surface area contributed by atoms with Crippen LogP contribution in [0.3, 0.4) is 0 Å². The smallest absolute Gasteiger partial charge is 0.449 e. The maximum atomic E-state index is 13.5. The Hall–Kier alpha value is -3.15. The third-order valence-electron chi connectivity index (χ3n) is 3.21. The normalized spacial score (nSPS) is 11.3. The van der Waals surface area contributed by atoms with Crippen molar-refractivity contribution in [3.8, 4) is 28.6 Å². The van der Waals surface area contributed by atoms with Gasteiger partial charge >= 0.3 is 12.5 Å². The lowest BCUT2D eigenvalue weighted by Gasteiger charge is -2.12. The molecule has 0 amide bonds. The van der Waals surface area contributed by atoms with Crippen molar-refractivity contribution >= 4 is 22.1 Å². The van der Waals surface area contributed by atoms with Gasteiger partial charge in [-0.3, -0.25) is 4.98 Å². The van der Waals surface area contributed by atoms with E-state index in [0.29, 0.717) is 0 Å². The fourth-order valence-electron chi connectivity index (χ4n) is 2.32. The molecule has 0 spiro atoms. The SMILES string of the molecule is O=C(O)Oc1cc(-c2cc(Br)cc(OC(F)(F)F)c2)n(-c2cncc(F)c2)n1. The monoisotopic (exact) mass is 461 g/mol. The van der Waals surface area contributed by atoms with Crippen molar-refractivity contribution in [3.63, 3.8) is 0 Å². The minimum Gasteiger partial charge on any atom is -0.449 e. The van der Waals surface area contributed by atoms with Crippen molar-refractivity contribution in [1.29, 1.82) is 0 Å². The number of halogens is 5. The number of nitrogens with zero attached hydrogens (tertiary/aromatic N) is 3. The van der Waals surface area contributed by atoms with Crippen LogP contribution in [0.15, 0.2) is 47.2 Å². The number of carbonyl (C=O) groups is 1. The maximum Gasteiger partial charge on any atom is 0.573 e. The number of alkyl halides is 3. The molecule has 12 heteroatoms.